The van der Waals surface area contributed by atoms with Crippen LogP contribution in [0.1, 0.15) is 53.0 Å². The molecule has 1 aliphatic carbocycles. The molecule has 1 saturated carbocycles. The molecule has 0 radical (unpaired) electrons. The number of hydrogen-bond donors (Lipinski definition) is 1. The van der Waals surface area contributed by atoms with Gasteiger partial charge in [-0.3, -0.25) is 4.79 Å². The summed E-state index contributed by atoms with van der Waals surface area (Å²) in [4.78, 5) is 12.4. The normalized spacial score (nSPS) is 19.8. The highest BCUT2D eigenvalue weighted by atomic mass is 35.5. The second-order valence-corrected chi connectivity index (χ2v) is 6.62. The molecule has 0 unspecified atom stereocenters. The molecular weight excluding hydrogens is 339 g/mol. The molecule has 23 heavy (non-hydrogen) atoms. The summed E-state index contributed by atoms with van der Waals surface area (Å²) in [6.45, 7) is 0.462. The van der Waals surface area contributed by atoms with Gasteiger partial charge in [-0.15, -0.1) is 0 Å². The molecule has 1 N–H and O–H groups in total. The highest BCUT2D eigenvalue weighted by molar-refractivity contribution is 6.43. The Labute approximate surface area is 142 Å². The SMILES string of the molecule is O=C(N[C@H]1CCOc2c1ccc(Cl)c2Cl)c1cc(C2CC2)on1. The summed E-state index contributed by atoms with van der Waals surface area (Å²) in [7, 11) is 0. The highest BCUT2D eigenvalue weighted by Crippen LogP contribution is 2.42. The number of amides is 1. The van der Waals surface area contributed by atoms with Crippen molar-refractivity contribution in [1.82, 2.24) is 10.5 Å². The number of rotatable bonds is 3. The first-order valence-corrected chi connectivity index (χ1v) is 8.27. The second-order valence-electron chi connectivity index (χ2n) is 5.83. The van der Waals surface area contributed by atoms with Crippen LogP contribution in [0.15, 0.2) is 22.7 Å². The van der Waals surface area contributed by atoms with Crippen molar-refractivity contribution in [2.45, 2.75) is 31.2 Å². The molecule has 1 atom stereocenters. The van der Waals surface area contributed by atoms with Crippen molar-refractivity contribution in [1.29, 1.82) is 0 Å². The lowest BCUT2D eigenvalue weighted by atomic mass is 10.0. The molecule has 1 aliphatic heterocycles. The fraction of sp³-hybridized carbons (Fsp3) is 0.375. The van der Waals surface area contributed by atoms with E-state index in [9.17, 15) is 4.79 Å². The quantitative estimate of drug-likeness (QED) is 0.902. The van der Waals surface area contributed by atoms with Gasteiger partial charge in [-0.1, -0.05) is 34.4 Å². The molecule has 2 aromatic rings. The molecule has 7 heteroatoms. The molecule has 120 valence electrons. The Morgan fingerprint density at radius 3 is 2.87 bits per heavy atom. The molecule has 0 spiro atoms. The number of nitrogens with one attached hydrogen (secondary N) is 1. The molecule has 1 aromatic heterocycles. The van der Waals surface area contributed by atoms with Gasteiger partial charge < -0.3 is 14.6 Å². The summed E-state index contributed by atoms with van der Waals surface area (Å²) in [5.41, 5.74) is 1.13. The summed E-state index contributed by atoms with van der Waals surface area (Å²) in [6, 6.07) is 5.06. The fourth-order valence-corrected chi connectivity index (χ4v) is 3.12. The Balaban J connectivity index is 1.55. The number of aromatic nitrogens is 1. The Kier molecular flexibility index (Phi) is 3.70. The molecule has 0 bridgehead atoms. The van der Waals surface area contributed by atoms with Gasteiger partial charge in [0.15, 0.2) is 5.69 Å². The summed E-state index contributed by atoms with van der Waals surface area (Å²) in [5, 5.41) is 7.64. The van der Waals surface area contributed by atoms with Crippen LogP contribution in [0.25, 0.3) is 0 Å². The first-order valence-electron chi connectivity index (χ1n) is 7.51. The van der Waals surface area contributed by atoms with Crippen molar-refractivity contribution in [3.8, 4) is 5.75 Å². The van der Waals surface area contributed by atoms with Gasteiger partial charge in [0.2, 0.25) is 0 Å². The minimum Gasteiger partial charge on any atom is -0.492 e. The highest BCUT2D eigenvalue weighted by Gasteiger charge is 2.30. The third-order valence-corrected chi connectivity index (χ3v) is 4.94. The first kappa shape index (κ1) is 14.8. The van der Waals surface area contributed by atoms with Gasteiger partial charge in [-0.05, 0) is 18.9 Å². The molecule has 5 nitrogen and oxygen atoms in total. The smallest absolute Gasteiger partial charge is 0.273 e. The third-order valence-electron chi connectivity index (χ3n) is 4.15. The number of hydrogen-bond acceptors (Lipinski definition) is 4. The maximum Gasteiger partial charge on any atom is 0.273 e. The summed E-state index contributed by atoms with van der Waals surface area (Å²) in [6.07, 6.45) is 2.86. The van der Waals surface area contributed by atoms with Crippen molar-refractivity contribution in [3.63, 3.8) is 0 Å². The Morgan fingerprint density at radius 2 is 2.09 bits per heavy atom. The van der Waals surface area contributed by atoms with Crippen molar-refractivity contribution < 1.29 is 14.1 Å². The fourth-order valence-electron chi connectivity index (χ4n) is 2.74. The van der Waals surface area contributed by atoms with Gasteiger partial charge in [-0.2, -0.15) is 0 Å². The number of benzene rings is 1. The molecule has 1 aromatic carbocycles. The van der Waals surface area contributed by atoms with E-state index < -0.39 is 0 Å². The Bertz CT molecular complexity index is 771. The van der Waals surface area contributed by atoms with Gasteiger partial charge in [0, 0.05) is 24.0 Å². The zero-order valence-corrected chi connectivity index (χ0v) is 13.7. The summed E-state index contributed by atoms with van der Waals surface area (Å²) < 4.78 is 10.8. The number of fused-ring (bicyclic) bond motifs is 1. The maximum atomic E-state index is 12.4. The van der Waals surface area contributed by atoms with E-state index >= 15 is 0 Å². The number of ether oxygens (including phenoxy) is 1. The van der Waals surface area contributed by atoms with Crippen molar-refractivity contribution >= 4 is 29.1 Å². The van der Waals surface area contributed by atoms with Crippen molar-refractivity contribution in [2.24, 2.45) is 0 Å². The zero-order valence-electron chi connectivity index (χ0n) is 12.1. The lowest BCUT2D eigenvalue weighted by Crippen LogP contribution is -2.32. The molecular formula is C16H14Cl2N2O3. The zero-order chi connectivity index (χ0) is 16.0. The molecule has 2 aliphatic rings. The van der Waals surface area contributed by atoms with Crippen LogP contribution < -0.4 is 10.1 Å². The minimum atomic E-state index is -0.260. The van der Waals surface area contributed by atoms with E-state index in [2.05, 4.69) is 10.5 Å². The van der Waals surface area contributed by atoms with Gasteiger partial charge in [0.1, 0.15) is 16.5 Å². The molecule has 4 rings (SSSR count). The van der Waals surface area contributed by atoms with Gasteiger partial charge in [-0.25, -0.2) is 0 Å². The van der Waals surface area contributed by atoms with Crippen LogP contribution in [-0.4, -0.2) is 17.7 Å². The molecule has 1 fully saturated rings. The molecule has 2 heterocycles. The number of carbonyl (C=O) groups is 1. The minimum absolute atomic E-state index is 0.193. The van der Waals surface area contributed by atoms with E-state index in [4.69, 9.17) is 32.5 Å². The number of nitrogens with zero attached hydrogens (tertiary/aromatic N) is 1. The summed E-state index contributed by atoms with van der Waals surface area (Å²) in [5.74, 6) is 1.49. The number of halogens is 2. The number of carbonyl (C=O) groups excluding carboxylic acids is 1. The maximum absolute atomic E-state index is 12.4. The van der Waals surface area contributed by atoms with Gasteiger partial charge >= 0.3 is 0 Å². The van der Waals surface area contributed by atoms with Gasteiger partial charge in [0.05, 0.1) is 17.7 Å². The lowest BCUT2D eigenvalue weighted by molar-refractivity contribution is 0.0915. The average molecular weight is 353 g/mol. The van der Waals surface area contributed by atoms with Gasteiger partial charge in [0.25, 0.3) is 5.91 Å². The second kappa shape index (κ2) is 5.73. The molecule has 1 amide bonds. The standard InChI is InChI=1S/C16H14Cl2N2O3/c17-10-4-3-9-11(5-6-22-15(9)14(10)18)19-16(21)12-7-13(23-20-12)8-1-2-8/h3-4,7-8,11H,1-2,5-6H2,(H,19,21)/t11-/m0/s1. The predicted molar refractivity (Wildman–Crippen MR) is 85.3 cm³/mol. The van der Waals surface area contributed by atoms with E-state index in [0.29, 0.717) is 40.4 Å². The monoisotopic (exact) mass is 352 g/mol. The molecule has 0 saturated heterocycles. The average Bonchev–Trinajstić information content (AvgIpc) is 3.28. The van der Waals surface area contributed by atoms with E-state index in [1.807, 2.05) is 6.07 Å². The first-order chi connectivity index (χ1) is 11.1. The van der Waals surface area contributed by atoms with Crippen LogP contribution in [0.4, 0.5) is 0 Å². The van der Waals surface area contributed by atoms with Crippen LogP contribution in [0.3, 0.4) is 0 Å². The predicted octanol–water partition coefficient (Wildman–Crippen LogP) is 4.11. The third kappa shape index (κ3) is 2.79. The van der Waals surface area contributed by atoms with E-state index in [1.165, 1.54) is 0 Å². The Hall–Kier alpha value is -1.72. The van der Waals surface area contributed by atoms with Crippen LogP contribution in [0, 0.1) is 0 Å². The van der Waals surface area contributed by atoms with Crippen molar-refractivity contribution in [3.05, 3.63) is 45.3 Å². The largest absolute Gasteiger partial charge is 0.492 e. The Morgan fingerprint density at radius 1 is 1.26 bits per heavy atom. The lowest BCUT2D eigenvalue weighted by Gasteiger charge is -2.27. The summed E-state index contributed by atoms with van der Waals surface area (Å²) >= 11 is 12.2. The van der Waals surface area contributed by atoms with Crippen LogP contribution >= 0.6 is 23.2 Å². The van der Waals surface area contributed by atoms with E-state index in [-0.39, 0.29) is 11.9 Å². The van der Waals surface area contributed by atoms with E-state index in [0.717, 1.165) is 24.2 Å². The topological polar surface area (TPSA) is 64.4 Å². The van der Waals surface area contributed by atoms with Crippen LogP contribution in [0.2, 0.25) is 10.0 Å². The van der Waals surface area contributed by atoms with Crippen LogP contribution in [0.5, 0.6) is 5.75 Å². The van der Waals surface area contributed by atoms with Crippen molar-refractivity contribution in [2.75, 3.05) is 6.61 Å². The van der Waals surface area contributed by atoms with E-state index in [1.54, 1.807) is 12.1 Å². The van der Waals surface area contributed by atoms with Crippen LogP contribution in [-0.2, 0) is 0 Å².